The van der Waals surface area contributed by atoms with E-state index in [1.165, 1.54) is 37.3 Å². The summed E-state index contributed by atoms with van der Waals surface area (Å²) >= 11 is 0. The van der Waals surface area contributed by atoms with E-state index in [0.717, 1.165) is 19.3 Å². The molecule has 1 aromatic rings. The van der Waals surface area contributed by atoms with E-state index in [0.29, 0.717) is 23.5 Å². The molecule has 0 aliphatic heterocycles. The SMILES string of the molecule is CC(=O)O[C@@H]1CC[C@H]2[C@H]3CCc4cc(O)ccc4[C@H]3CC[C@]12C. The van der Waals surface area contributed by atoms with Crippen molar-refractivity contribution >= 4 is 5.97 Å². The number of fused-ring (bicyclic) bond motifs is 5. The van der Waals surface area contributed by atoms with Crippen molar-refractivity contribution in [1.29, 1.82) is 0 Å². The van der Waals surface area contributed by atoms with E-state index in [1.54, 1.807) is 0 Å². The number of esters is 1. The van der Waals surface area contributed by atoms with Gasteiger partial charge in [0.1, 0.15) is 11.9 Å². The molecule has 0 radical (unpaired) electrons. The molecule has 0 spiro atoms. The highest BCUT2D eigenvalue weighted by atomic mass is 16.5. The lowest BCUT2D eigenvalue weighted by atomic mass is 9.55. The van der Waals surface area contributed by atoms with Crippen molar-refractivity contribution < 1.29 is 14.6 Å². The Kier molecular flexibility index (Phi) is 3.44. The van der Waals surface area contributed by atoms with Gasteiger partial charge >= 0.3 is 5.97 Å². The van der Waals surface area contributed by atoms with Crippen molar-refractivity contribution in [2.75, 3.05) is 0 Å². The van der Waals surface area contributed by atoms with E-state index < -0.39 is 0 Å². The molecular formula is C20H26O3. The molecule has 23 heavy (non-hydrogen) atoms. The summed E-state index contributed by atoms with van der Waals surface area (Å²) in [6.45, 7) is 3.88. The number of carbonyl (C=O) groups excluding carboxylic acids is 1. The van der Waals surface area contributed by atoms with Crippen LogP contribution >= 0.6 is 0 Å². The lowest BCUT2D eigenvalue weighted by molar-refractivity contribution is -0.154. The normalized spacial score (nSPS) is 38.3. The van der Waals surface area contributed by atoms with Gasteiger partial charge in [0.05, 0.1) is 0 Å². The largest absolute Gasteiger partial charge is 0.508 e. The Morgan fingerprint density at radius 3 is 2.87 bits per heavy atom. The maximum absolute atomic E-state index is 11.4. The zero-order chi connectivity index (χ0) is 16.2. The molecule has 0 unspecified atom stereocenters. The van der Waals surface area contributed by atoms with E-state index in [-0.39, 0.29) is 17.5 Å². The van der Waals surface area contributed by atoms with Gasteiger partial charge in [-0.1, -0.05) is 13.0 Å². The van der Waals surface area contributed by atoms with Gasteiger partial charge in [-0.3, -0.25) is 4.79 Å². The summed E-state index contributed by atoms with van der Waals surface area (Å²) in [5, 5.41) is 9.75. The minimum absolute atomic E-state index is 0.104. The van der Waals surface area contributed by atoms with Crippen molar-refractivity contribution in [2.24, 2.45) is 17.3 Å². The first-order valence-electron chi connectivity index (χ1n) is 8.98. The van der Waals surface area contributed by atoms with Crippen LogP contribution in [0.1, 0.15) is 63.0 Å². The number of phenolic OH excluding ortho intramolecular Hbond substituents is 1. The zero-order valence-corrected chi connectivity index (χ0v) is 14.0. The molecule has 0 aromatic heterocycles. The molecule has 1 aromatic carbocycles. The third-order valence-corrected chi connectivity index (χ3v) is 6.93. The van der Waals surface area contributed by atoms with Crippen LogP contribution in [0, 0.1) is 17.3 Å². The predicted octanol–water partition coefficient (Wildman–Crippen LogP) is 4.18. The summed E-state index contributed by atoms with van der Waals surface area (Å²) in [6.07, 6.45) is 6.89. The number of benzene rings is 1. The number of hydrogen-bond donors (Lipinski definition) is 1. The van der Waals surface area contributed by atoms with Crippen LogP contribution in [0.25, 0.3) is 0 Å². The Labute approximate surface area is 138 Å². The lowest BCUT2D eigenvalue weighted by Gasteiger charge is -2.50. The molecule has 0 amide bonds. The van der Waals surface area contributed by atoms with E-state index in [4.69, 9.17) is 4.74 Å². The summed E-state index contributed by atoms with van der Waals surface area (Å²) in [7, 11) is 0. The number of aryl methyl sites for hydroxylation is 1. The third kappa shape index (κ3) is 2.28. The molecule has 3 aliphatic carbocycles. The molecule has 3 nitrogen and oxygen atoms in total. The Morgan fingerprint density at radius 1 is 1.26 bits per heavy atom. The highest BCUT2D eigenvalue weighted by Gasteiger charge is 2.56. The lowest BCUT2D eigenvalue weighted by Crippen LogP contribution is -2.45. The van der Waals surface area contributed by atoms with Crippen LogP contribution < -0.4 is 0 Å². The van der Waals surface area contributed by atoms with Gasteiger partial charge in [0.15, 0.2) is 0 Å². The highest BCUT2D eigenvalue weighted by Crippen LogP contribution is 2.61. The number of carbonyl (C=O) groups is 1. The summed E-state index contributed by atoms with van der Waals surface area (Å²) in [5.74, 6) is 2.23. The second-order valence-electron chi connectivity index (χ2n) is 8.02. The van der Waals surface area contributed by atoms with Gasteiger partial charge in [0, 0.05) is 12.3 Å². The minimum Gasteiger partial charge on any atom is -0.508 e. The van der Waals surface area contributed by atoms with Crippen molar-refractivity contribution in [2.45, 2.75) is 64.4 Å². The van der Waals surface area contributed by atoms with Crippen LogP contribution in [-0.2, 0) is 16.0 Å². The zero-order valence-electron chi connectivity index (χ0n) is 14.0. The fraction of sp³-hybridized carbons (Fsp3) is 0.650. The molecule has 2 saturated carbocycles. The quantitative estimate of drug-likeness (QED) is 0.791. The van der Waals surface area contributed by atoms with Crippen LogP contribution in [0.3, 0.4) is 0 Å². The average Bonchev–Trinajstić information content (AvgIpc) is 2.83. The number of aromatic hydroxyl groups is 1. The molecule has 0 saturated heterocycles. The minimum atomic E-state index is -0.136. The molecule has 124 valence electrons. The Morgan fingerprint density at radius 2 is 2.09 bits per heavy atom. The van der Waals surface area contributed by atoms with Gasteiger partial charge < -0.3 is 9.84 Å². The van der Waals surface area contributed by atoms with Gasteiger partial charge in [-0.2, -0.15) is 0 Å². The smallest absolute Gasteiger partial charge is 0.302 e. The Bertz CT molecular complexity index is 638. The molecule has 5 atom stereocenters. The molecular weight excluding hydrogens is 288 g/mol. The van der Waals surface area contributed by atoms with Crippen LogP contribution in [-0.4, -0.2) is 17.2 Å². The maximum Gasteiger partial charge on any atom is 0.302 e. The molecule has 3 aliphatic rings. The van der Waals surface area contributed by atoms with Crippen LogP contribution in [0.4, 0.5) is 0 Å². The van der Waals surface area contributed by atoms with Crippen LogP contribution in [0.5, 0.6) is 5.75 Å². The number of rotatable bonds is 1. The Hall–Kier alpha value is -1.51. The van der Waals surface area contributed by atoms with Gasteiger partial charge in [-0.15, -0.1) is 0 Å². The van der Waals surface area contributed by atoms with Gasteiger partial charge in [0.25, 0.3) is 0 Å². The Balaban J connectivity index is 1.63. The van der Waals surface area contributed by atoms with Crippen molar-refractivity contribution in [3.63, 3.8) is 0 Å². The molecule has 3 heteroatoms. The first kappa shape index (κ1) is 15.0. The number of hydrogen-bond acceptors (Lipinski definition) is 3. The number of phenols is 1. The summed E-state index contributed by atoms with van der Waals surface area (Å²) in [4.78, 5) is 11.4. The van der Waals surface area contributed by atoms with Crippen molar-refractivity contribution in [3.8, 4) is 5.75 Å². The molecule has 0 heterocycles. The molecule has 1 N–H and O–H groups in total. The van der Waals surface area contributed by atoms with E-state index >= 15 is 0 Å². The first-order valence-corrected chi connectivity index (χ1v) is 8.98. The van der Waals surface area contributed by atoms with E-state index in [2.05, 4.69) is 13.0 Å². The summed E-state index contributed by atoms with van der Waals surface area (Å²) in [5.41, 5.74) is 2.95. The fourth-order valence-corrected chi connectivity index (χ4v) is 5.91. The highest BCUT2D eigenvalue weighted by molar-refractivity contribution is 5.66. The topological polar surface area (TPSA) is 46.5 Å². The van der Waals surface area contributed by atoms with E-state index in [9.17, 15) is 9.90 Å². The summed E-state index contributed by atoms with van der Waals surface area (Å²) in [6, 6.07) is 5.93. The van der Waals surface area contributed by atoms with Gasteiger partial charge in [0.2, 0.25) is 0 Å². The second-order valence-corrected chi connectivity index (χ2v) is 8.02. The van der Waals surface area contributed by atoms with Crippen molar-refractivity contribution in [1.82, 2.24) is 0 Å². The average molecular weight is 314 g/mol. The van der Waals surface area contributed by atoms with E-state index in [1.807, 2.05) is 12.1 Å². The first-order chi connectivity index (χ1) is 11.0. The van der Waals surface area contributed by atoms with Gasteiger partial charge in [-0.25, -0.2) is 0 Å². The molecule has 2 fully saturated rings. The maximum atomic E-state index is 11.4. The predicted molar refractivity (Wildman–Crippen MR) is 88.3 cm³/mol. The third-order valence-electron chi connectivity index (χ3n) is 6.93. The van der Waals surface area contributed by atoms with Crippen LogP contribution in [0.15, 0.2) is 18.2 Å². The molecule has 0 bridgehead atoms. The summed E-state index contributed by atoms with van der Waals surface area (Å²) < 4.78 is 5.68. The number of ether oxygens (including phenoxy) is 1. The van der Waals surface area contributed by atoms with Gasteiger partial charge in [-0.05, 0) is 79.5 Å². The molecule has 4 rings (SSSR count). The van der Waals surface area contributed by atoms with Crippen LogP contribution in [0.2, 0.25) is 0 Å². The monoisotopic (exact) mass is 314 g/mol. The fourth-order valence-electron chi connectivity index (χ4n) is 5.91. The standard InChI is InChI=1S/C20H26O3/c1-12(21)23-19-8-7-18-17-5-3-13-11-14(22)4-6-15(13)16(17)9-10-20(18,19)2/h4,6,11,16-19,22H,3,5,7-10H2,1-2H3/t16-,17+,18+,19-,20+/m1/s1. The van der Waals surface area contributed by atoms with Crippen molar-refractivity contribution in [3.05, 3.63) is 29.3 Å². The second kappa shape index (κ2) is 5.25.